The number of pyridine rings is 3. The zero-order valence-corrected chi connectivity index (χ0v) is 72.2. The van der Waals surface area contributed by atoms with E-state index in [1.165, 1.54) is 112 Å². The number of hydrogen-bond donors (Lipinski definition) is 3. The molecular formula is C96H101Ir3N3O7. The van der Waals surface area contributed by atoms with Gasteiger partial charge in [-0.2, -0.15) is 0 Å². The third-order valence-corrected chi connectivity index (χ3v) is 18.9. The summed E-state index contributed by atoms with van der Waals surface area (Å²) in [6.45, 7) is 29.3. The molecule has 0 aliphatic heterocycles. The minimum Gasteiger partial charge on any atom is -0.545 e. The first-order chi connectivity index (χ1) is 50.6. The minimum atomic E-state index is -0.306. The van der Waals surface area contributed by atoms with Crippen molar-refractivity contribution in [3.63, 3.8) is 0 Å². The van der Waals surface area contributed by atoms with Crippen molar-refractivity contribution in [2.75, 3.05) is 0 Å². The van der Waals surface area contributed by atoms with E-state index >= 15 is 0 Å². The molecule has 14 aromatic rings. The van der Waals surface area contributed by atoms with Crippen LogP contribution in [-0.4, -0.2) is 62.0 Å². The van der Waals surface area contributed by atoms with Crippen molar-refractivity contribution < 1.29 is 94.4 Å². The number of ketones is 3. The smallest absolute Gasteiger partial charge is 0.325 e. The Kier molecular flexibility index (Phi) is 32.7. The van der Waals surface area contributed by atoms with E-state index in [-0.39, 0.29) is 111 Å². The summed E-state index contributed by atoms with van der Waals surface area (Å²) < 4.78 is 5.42. The van der Waals surface area contributed by atoms with E-state index in [0.29, 0.717) is 17.3 Å². The number of furan rings is 1. The van der Waals surface area contributed by atoms with E-state index in [1.54, 1.807) is 18.4 Å². The van der Waals surface area contributed by atoms with Crippen LogP contribution in [0.25, 0.3) is 120 Å². The molecule has 0 atom stereocenters. The second-order valence-corrected chi connectivity index (χ2v) is 29.8. The van der Waals surface area contributed by atoms with Crippen molar-refractivity contribution in [2.24, 2.45) is 22.7 Å². The van der Waals surface area contributed by atoms with Crippen molar-refractivity contribution in [3.05, 3.63) is 284 Å². The normalized spacial score (nSPS) is 11.7. The Morgan fingerprint density at radius 1 is 0.422 bits per heavy atom. The maximum Gasteiger partial charge on any atom is 0.325 e. The van der Waals surface area contributed by atoms with Crippen LogP contribution in [0.4, 0.5) is 0 Å². The summed E-state index contributed by atoms with van der Waals surface area (Å²) in [6.07, 6.45) is 15.2. The molecule has 0 fully saturated rings. The molecule has 0 aliphatic rings. The van der Waals surface area contributed by atoms with Gasteiger partial charge in [-0.3, -0.25) is 14.4 Å². The molecule has 569 valence electrons. The molecular weight excluding hydrogens is 1880 g/mol. The van der Waals surface area contributed by atoms with Crippen molar-refractivity contribution in [1.29, 1.82) is 0 Å². The second-order valence-electron chi connectivity index (χ2n) is 29.8. The first-order valence-corrected chi connectivity index (χ1v) is 36.6. The topological polar surface area (TPSA) is 177 Å². The van der Waals surface area contributed by atoms with Gasteiger partial charge in [-0.05, 0) is 165 Å². The quantitative estimate of drug-likeness (QED) is 0.0358. The molecule has 10 nitrogen and oxygen atoms in total. The largest absolute Gasteiger partial charge is 0.545 e. The third-order valence-electron chi connectivity index (χ3n) is 18.9. The molecule has 0 bridgehead atoms. The number of fused-ring (bicyclic) bond motifs is 11. The Morgan fingerprint density at radius 2 is 0.826 bits per heavy atom. The number of aromatic nitrogens is 3. The van der Waals surface area contributed by atoms with Gasteiger partial charge in [0.15, 0.2) is 0 Å². The fraction of sp³-hybridized carbons (Fsp3) is 0.250. The molecule has 0 saturated carbocycles. The average molecular weight is 1990 g/mol. The van der Waals surface area contributed by atoms with Crippen LogP contribution in [0.2, 0.25) is 0 Å². The summed E-state index contributed by atoms with van der Waals surface area (Å²) in [5, 5.41) is 47.3. The molecule has 13 heteroatoms. The van der Waals surface area contributed by atoms with E-state index in [4.69, 9.17) is 19.3 Å². The first-order valence-electron chi connectivity index (χ1n) is 36.6. The Hall–Kier alpha value is -9.41. The van der Waals surface area contributed by atoms with Crippen LogP contribution < -0.4 is 0 Å². The SMILES string of the molecule is CC(=[OH+])C=C(C)O.CC(C)(C)C(=[OH+])C=C(O)C(C)(C)C.CC(C)(C)c1ccc2c(ccc3c(-c4[c-]cc5ccccc5c4)nccc32)c1.CCC(CC)C(=[OH+])C=C(O)C(CC)CC.[Ir].[Ir].[Ir].[c-]1cc2ccccc2cc1-c1nccc2c1ccc1ccccc12.[c-]1ccoc1-c1nccc2c1ccc1ccccc12. The molecule has 0 amide bonds. The van der Waals surface area contributed by atoms with E-state index in [1.807, 2.05) is 100.0 Å². The maximum atomic E-state index is 9.80. The van der Waals surface area contributed by atoms with Crippen molar-refractivity contribution in [1.82, 2.24) is 15.0 Å². The molecule has 0 unspecified atom stereocenters. The third kappa shape index (κ3) is 23.1. The Labute approximate surface area is 683 Å². The van der Waals surface area contributed by atoms with Crippen LogP contribution in [0.3, 0.4) is 0 Å². The molecule has 10 aromatic carbocycles. The van der Waals surface area contributed by atoms with Gasteiger partial charge in [0.1, 0.15) is 11.5 Å². The number of nitrogens with zero attached hydrogens (tertiary/aromatic N) is 3. The first kappa shape index (κ1) is 88.5. The molecule has 0 aliphatic carbocycles. The van der Waals surface area contributed by atoms with Crippen LogP contribution in [0.5, 0.6) is 0 Å². The van der Waals surface area contributed by atoms with Gasteiger partial charge in [0.25, 0.3) is 0 Å². The van der Waals surface area contributed by atoms with E-state index < -0.39 is 0 Å². The van der Waals surface area contributed by atoms with Gasteiger partial charge in [-0.1, -0.05) is 232 Å². The standard InChI is InChI=1S/C27H22N.C23H14N.C17H10NO.C13H24O2.C11H20O2.C5H8O2.3Ir/c1-27(2,3)22-11-13-23-20(17-22)10-12-25-24(23)14-15-28-26(25)21-9-8-18-6-4-5-7-19(18)16-21;1-2-7-18-15-19(10-9-16(18)5-1)23-22-12-11-17-6-3-4-8-20(17)21(22)13-14-24-23;1-2-5-13-12(4-1)7-8-15-14(13)9-10-18-17(15)16-6-3-11-19-16;1-5-10(6-2)12(14)9-13(15)11(7-3)8-4;1-10(2,3)8(12)7-9(13)11(4,5)6;1-4(6)3-5(2)7;;;/h4-8,10-17H,1-3H3;1-9,11-15H;1-5,7-11H;9-11,14H,5-8H2,1-4H3;7,12H,1-6H3;3,6H,1-2H3;;;/q3*-1;;;;;;/p+3. The van der Waals surface area contributed by atoms with Crippen LogP contribution in [0.1, 0.15) is 135 Å². The summed E-state index contributed by atoms with van der Waals surface area (Å²) in [4.78, 5) is 41.6. The summed E-state index contributed by atoms with van der Waals surface area (Å²) in [7, 11) is 0. The number of rotatable bonds is 12. The molecule has 14 rings (SSSR count). The summed E-state index contributed by atoms with van der Waals surface area (Å²) in [5.41, 5.74) is 5.79. The zero-order chi connectivity index (χ0) is 76.5. The molecule has 3 radical (unpaired) electrons. The van der Waals surface area contributed by atoms with Gasteiger partial charge in [0.05, 0.1) is 42.2 Å². The minimum absolute atomic E-state index is 0. The van der Waals surface area contributed by atoms with Gasteiger partial charge >= 0.3 is 17.3 Å². The Morgan fingerprint density at radius 3 is 1.22 bits per heavy atom. The monoisotopic (exact) mass is 1990 g/mol. The average Bonchev–Trinajstić information content (AvgIpc) is 1.03. The predicted octanol–water partition coefficient (Wildman–Crippen LogP) is 25.7. The zero-order valence-electron chi connectivity index (χ0n) is 65.0. The summed E-state index contributed by atoms with van der Waals surface area (Å²) in [5.74, 6) is 2.36. The van der Waals surface area contributed by atoms with Crippen molar-refractivity contribution >= 4 is 104 Å². The van der Waals surface area contributed by atoms with Gasteiger partial charge in [0, 0.05) is 102 Å². The van der Waals surface area contributed by atoms with Crippen LogP contribution >= 0.6 is 0 Å². The van der Waals surface area contributed by atoms with Gasteiger partial charge in [-0.25, -0.2) is 0 Å². The summed E-state index contributed by atoms with van der Waals surface area (Å²) in [6, 6.07) is 79.8. The van der Waals surface area contributed by atoms with Gasteiger partial charge in [0.2, 0.25) is 0 Å². The molecule has 0 saturated heterocycles. The maximum absolute atomic E-state index is 9.80. The summed E-state index contributed by atoms with van der Waals surface area (Å²) >= 11 is 0. The molecule has 4 aromatic heterocycles. The van der Waals surface area contributed by atoms with Crippen molar-refractivity contribution in [2.45, 2.75) is 135 Å². The fourth-order valence-electron chi connectivity index (χ4n) is 12.5. The van der Waals surface area contributed by atoms with Gasteiger partial charge in [-0.15, -0.1) is 70.4 Å². The number of benzene rings is 10. The van der Waals surface area contributed by atoms with Crippen LogP contribution in [0, 0.1) is 40.9 Å². The Balaban J connectivity index is 0.000000212. The number of aliphatic hydroxyl groups excluding tert-OH is 3. The number of carbonyl (C=O) groups excluding carboxylic acids is 3. The predicted molar refractivity (Wildman–Crippen MR) is 448 cm³/mol. The van der Waals surface area contributed by atoms with Gasteiger partial charge < -0.3 is 34.7 Å². The fourth-order valence-corrected chi connectivity index (χ4v) is 12.5. The van der Waals surface area contributed by atoms with Crippen molar-refractivity contribution in [3.8, 4) is 34.0 Å². The van der Waals surface area contributed by atoms with E-state index in [2.05, 4.69) is 231 Å². The number of aliphatic hydroxyl groups is 3. The van der Waals surface area contributed by atoms with Crippen LogP contribution in [-0.2, 0) is 65.7 Å². The number of hydrogen-bond acceptors (Lipinski definition) is 7. The molecule has 6 N–H and O–H groups in total. The molecule has 0 spiro atoms. The van der Waals surface area contributed by atoms with Crippen LogP contribution in [0.15, 0.2) is 265 Å². The number of allylic oxidation sites excluding steroid dienone is 6. The Bertz CT molecular complexity index is 5510. The molecule has 4 heterocycles. The molecule has 109 heavy (non-hydrogen) atoms. The van der Waals surface area contributed by atoms with E-state index in [9.17, 15) is 19.8 Å². The second kappa shape index (κ2) is 40.3. The van der Waals surface area contributed by atoms with E-state index in [0.717, 1.165) is 59.3 Å².